The van der Waals surface area contributed by atoms with Gasteiger partial charge in [-0.1, -0.05) is 6.42 Å². The van der Waals surface area contributed by atoms with Gasteiger partial charge in [0.25, 0.3) is 0 Å². The summed E-state index contributed by atoms with van der Waals surface area (Å²) in [5, 5.41) is 9.63. The average molecular weight is 198 g/mol. The molecule has 2 aliphatic rings. The standard InChI is InChI=1S/C11H22N2O/c12-7-9-3-1-5-11(9)13-6-2-4-10(14)8-13/h9-11,14H,1-8,12H2. The number of likely N-dealkylation sites (tertiary alicyclic amines) is 1. The van der Waals surface area contributed by atoms with Crippen molar-refractivity contribution in [2.24, 2.45) is 11.7 Å². The molecule has 0 amide bonds. The van der Waals surface area contributed by atoms with E-state index >= 15 is 0 Å². The molecule has 1 saturated carbocycles. The molecule has 3 N–H and O–H groups in total. The summed E-state index contributed by atoms with van der Waals surface area (Å²) < 4.78 is 0. The highest BCUT2D eigenvalue weighted by Crippen LogP contribution is 2.30. The van der Waals surface area contributed by atoms with Crippen molar-refractivity contribution in [2.75, 3.05) is 19.6 Å². The second-order valence-corrected chi connectivity index (χ2v) is 4.79. The van der Waals surface area contributed by atoms with Crippen LogP contribution in [0.2, 0.25) is 0 Å². The first-order valence-corrected chi connectivity index (χ1v) is 5.93. The predicted molar refractivity (Wildman–Crippen MR) is 57.0 cm³/mol. The van der Waals surface area contributed by atoms with Gasteiger partial charge in [-0.05, 0) is 44.7 Å². The van der Waals surface area contributed by atoms with E-state index in [0.29, 0.717) is 12.0 Å². The Morgan fingerprint density at radius 2 is 2.07 bits per heavy atom. The van der Waals surface area contributed by atoms with E-state index in [-0.39, 0.29) is 6.10 Å². The van der Waals surface area contributed by atoms with Crippen LogP contribution in [0.3, 0.4) is 0 Å². The van der Waals surface area contributed by atoms with E-state index in [1.807, 2.05) is 0 Å². The normalized spacial score (nSPS) is 40.3. The van der Waals surface area contributed by atoms with Gasteiger partial charge >= 0.3 is 0 Å². The summed E-state index contributed by atoms with van der Waals surface area (Å²) in [6.07, 6.45) is 5.93. The summed E-state index contributed by atoms with van der Waals surface area (Å²) in [5.74, 6) is 0.681. The molecule has 0 radical (unpaired) electrons. The predicted octanol–water partition coefficient (Wildman–Crippen LogP) is 0.570. The highest BCUT2D eigenvalue weighted by Gasteiger charge is 2.33. The van der Waals surface area contributed by atoms with E-state index < -0.39 is 0 Å². The van der Waals surface area contributed by atoms with E-state index in [1.165, 1.54) is 19.3 Å². The summed E-state index contributed by atoms with van der Waals surface area (Å²) in [4.78, 5) is 2.47. The minimum atomic E-state index is -0.0947. The van der Waals surface area contributed by atoms with Crippen molar-refractivity contribution in [1.29, 1.82) is 0 Å². The minimum absolute atomic E-state index is 0.0947. The Balaban J connectivity index is 1.92. The first-order valence-electron chi connectivity index (χ1n) is 5.93. The van der Waals surface area contributed by atoms with Gasteiger partial charge in [-0.25, -0.2) is 0 Å². The molecule has 1 heterocycles. The molecule has 2 fully saturated rings. The van der Waals surface area contributed by atoms with Gasteiger partial charge in [-0.2, -0.15) is 0 Å². The van der Waals surface area contributed by atoms with Crippen LogP contribution < -0.4 is 5.73 Å². The zero-order chi connectivity index (χ0) is 9.97. The van der Waals surface area contributed by atoms with Crippen molar-refractivity contribution >= 4 is 0 Å². The molecule has 82 valence electrons. The van der Waals surface area contributed by atoms with Crippen molar-refractivity contribution in [3.63, 3.8) is 0 Å². The molecule has 3 atom stereocenters. The smallest absolute Gasteiger partial charge is 0.0667 e. The van der Waals surface area contributed by atoms with Crippen LogP contribution in [-0.4, -0.2) is 41.8 Å². The Morgan fingerprint density at radius 1 is 1.21 bits per heavy atom. The second-order valence-electron chi connectivity index (χ2n) is 4.79. The molecular formula is C11H22N2O. The van der Waals surface area contributed by atoms with E-state index in [4.69, 9.17) is 5.73 Å². The summed E-state index contributed by atoms with van der Waals surface area (Å²) in [7, 11) is 0. The molecule has 3 unspecified atom stereocenters. The molecule has 0 spiro atoms. The number of nitrogens with zero attached hydrogens (tertiary/aromatic N) is 1. The Bertz CT molecular complexity index is 186. The van der Waals surface area contributed by atoms with E-state index in [1.54, 1.807) is 0 Å². The van der Waals surface area contributed by atoms with Gasteiger partial charge in [-0.3, -0.25) is 4.90 Å². The molecular weight excluding hydrogens is 176 g/mol. The quantitative estimate of drug-likeness (QED) is 0.682. The number of rotatable bonds is 2. The monoisotopic (exact) mass is 198 g/mol. The average Bonchev–Trinajstić information content (AvgIpc) is 2.65. The first-order chi connectivity index (χ1) is 6.81. The van der Waals surface area contributed by atoms with Gasteiger partial charge in [0.2, 0.25) is 0 Å². The lowest BCUT2D eigenvalue weighted by atomic mass is 9.98. The third kappa shape index (κ3) is 2.10. The lowest BCUT2D eigenvalue weighted by Crippen LogP contribution is -2.47. The Hall–Kier alpha value is -0.120. The summed E-state index contributed by atoms with van der Waals surface area (Å²) in [6.45, 7) is 2.86. The summed E-state index contributed by atoms with van der Waals surface area (Å²) in [6, 6.07) is 0.662. The van der Waals surface area contributed by atoms with Gasteiger partial charge in [0.15, 0.2) is 0 Å². The van der Waals surface area contributed by atoms with Crippen LogP contribution in [0.5, 0.6) is 0 Å². The van der Waals surface area contributed by atoms with Gasteiger partial charge in [0, 0.05) is 12.6 Å². The third-order valence-electron chi connectivity index (χ3n) is 3.82. The highest BCUT2D eigenvalue weighted by atomic mass is 16.3. The van der Waals surface area contributed by atoms with Gasteiger partial charge in [-0.15, -0.1) is 0 Å². The maximum Gasteiger partial charge on any atom is 0.0667 e. The van der Waals surface area contributed by atoms with E-state index in [9.17, 15) is 5.11 Å². The number of aliphatic hydroxyl groups excluding tert-OH is 1. The maximum atomic E-state index is 9.63. The fraction of sp³-hybridized carbons (Fsp3) is 1.00. The number of β-amino-alcohol motifs (C(OH)–C–C–N with tert-alkyl or cyclic N) is 1. The van der Waals surface area contributed by atoms with Crippen LogP contribution in [0.25, 0.3) is 0 Å². The number of hydrogen-bond donors (Lipinski definition) is 2. The van der Waals surface area contributed by atoms with E-state index in [0.717, 1.165) is 32.5 Å². The van der Waals surface area contributed by atoms with Gasteiger partial charge < -0.3 is 10.8 Å². The van der Waals surface area contributed by atoms with Crippen molar-refractivity contribution in [2.45, 2.75) is 44.2 Å². The molecule has 1 aliphatic carbocycles. The van der Waals surface area contributed by atoms with Crippen LogP contribution in [0.15, 0.2) is 0 Å². The highest BCUT2D eigenvalue weighted by molar-refractivity contribution is 4.88. The topological polar surface area (TPSA) is 49.5 Å². The fourth-order valence-electron chi connectivity index (χ4n) is 3.06. The Labute approximate surface area is 86.3 Å². The maximum absolute atomic E-state index is 9.63. The number of nitrogens with two attached hydrogens (primary N) is 1. The fourth-order valence-corrected chi connectivity index (χ4v) is 3.06. The van der Waals surface area contributed by atoms with Crippen molar-refractivity contribution in [1.82, 2.24) is 4.90 Å². The zero-order valence-electron chi connectivity index (χ0n) is 8.86. The molecule has 1 aliphatic heterocycles. The van der Waals surface area contributed by atoms with Gasteiger partial charge in [0.1, 0.15) is 0 Å². The zero-order valence-corrected chi connectivity index (χ0v) is 8.86. The molecule has 3 heteroatoms. The lowest BCUT2D eigenvalue weighted by Gasteiger charge is -2.37. The van der Waals surface area contributed by atoms with Gasteiger partial charge in [0.05, 0.1) is 6.10 Å². The van der Waals surface area contributed by atoms with Crippen molar-refractivity contribution in [3.05, 3.63) is 0 Å². The van der Waals surface area contributed by atoms with Crippen molar-refractivity contribution in [3.8, 4) is 0 Å². The molecule has 0 bridgehead atoms. The van der Waals surface area contributed by atoms with Crippen LogP contribution in [0, 0.1) is 5.92 Å². The van der Waals surface area contributed by atoms with Crippen LogP contribution in [0.4, 0.5) is 0 Å². The van der Waals surface area contributed by atoms with Crippen molar-refractivity contribution < 1.29 is 5.11 Å². The number of piperidine rings is 1. The molecule has 0 aromatic carbocycles. The SMILES string of the molecule is NCC1CCCC1N1CCCC(O)C1. The number of aliphatic hydroxyl groups is 1. The molecule has 1 saturated heterocycles. The molecule has 0 aromatic rings. The number of hydrogen-bond acceptors (Lipinski definition) is 3. The van der Waals surface area contributed by atoms with Crippen LogP contribution >= 0.6 is 0 Å². The Morgan fingerprint density at radius 3 is 2.79 bits per heavy atom. The lowest BCUT2D eigenvalue weighted by molar-refractivity contribution is 0.0370. The molecule has 0 aromatic heterocycles. The third-order valence-corrected chi connectivity index (χ3v) is 3.82. The largest absolute Gasteiger partial charge is 0.392 e. The summed E-state index contributed by atoms with van der Waals surface area (Å²) in [5.41, 5.74) is 5.78. The Kier molecular flexibility index (Phi) is 3.42. The van der Waals surface area contributed by atoms with Crippen LogP contribution in [-0.2, 0) is 0 Å². The molecule has 3 nitrogen and oxygen atoms in total. The van der Waals surface area contributed by atoms with E-state index in [2.05, 4.69) is 4.90 Å². The summed E-state index contributed by atoms with van der Waals surface area (Å²) >= 11 is 0. The molecule has 14 heavy (non-hydrogen) atoms. The first kappa shape index (κ1) is 10.4. The second kappa shape index (κ2) is 4.60. The minimum Gasteiger partial charge on any atom is -0.392 e. The van der Waals surface area contributed by atoms with Crippen LogP contribution in [0.1, 0.15) is 32.1 Å². The molecule has 2 rings (SSSR count).